The second kappa shape index (κ2) is 6.41. The summed E-state index contributed by atoms with van der Waals surface area (Å²) >= 11 is 0. The smallest absolute Gasteiger partial charge is 0.325 e. The third-order valence-electron chi connectivity index (χ3n) is 4.59. The number of nitrogens with one attached hydrogen (secondary N) is 2. The monoisotopic (exact) mass is 339 g/mol. The van der Waals surface area contributed by atoms with Crippen LogP contribution in [-0.4, -0.2) is 52.4 Å². The molecule has 0 aromatic heterocycles. The fraction of sp³-hybridized carbons (Fsp3) is 0.750. The van der Waals surface area contributed by atoms with Gasteiger partial charge in [-0.2, -0.15) is 0 Å². The van der Waals surface area contributed by atoms with Crippen LogP contribution in [-0.2, 0) is 14.4 Å². The summed E-state index contributed by atoms with van der Waals surface area (Å²) in [5.74, 6) is -1.63. The number of rotatable bonds is 5. The van der Waals surface area contributed by atoms with E-state index in [9.17, 15) is 19.2 Å². The van der Waals surface area contributed by atoms with E-state index in [0.717, 1.165) is 11.3 Å². The lowest BCUT2D eigenvalue weighted by molar-refractivity contribution is -0.138. The second-order valence-corrected chi connectivity index (χ2v) is 7.75. The lowest BCUT2D eigenvalue weighted by Gasteiger charge is -2.43. The molecule has 0 aromatic rings. The molecule has 0 unspecified atom stereocenters. The summed E-state index contributed by atoms with van der Waals surface area (Å²) in [7, 11) is 0. The SMILES string of the molecule is C[C@@H]1CC(C)(C)C[C@@]2(C1)NC(=O)N(CC(=O)NCCC(=O)O)C2=O. The number of imide groups is 1. The molecule has 1 heterocycles. The van der Waals surface area contributed by atoms with Gasteiger partial charge in [0.2, 0.25) is 5.91 Å². The summed E-state index contributed by atoms with van der Waals surface area (Å²) < 4.78 is 0. The predicted molar refractivity (Wildman–Crippen MR) is 85.0 cm³/mol. The Kier molecular flexibility index (Phi) is 4.87. The van der Waals surface area contributed by atoms with Crippen LogP contribution in [0.1, 0.15) is 46.5 Å². The number of carbonyl (C=O) groups excluding carboxylic acids is 3. The maximum Gasteiger partial charge on any atom is 0.325 e. The molecule has 134 valence electrons. The number of carboxylic acid groups (broad SMARTS) is 1. The van der Waals surface area contributed by atoms with E-state index in [1.807, 2.05) is 0 Å². The highest BCUT2D eigenvalue weighted by Crippen LogP contribution is 2.46. The molecule has 2 rings (SSSR count). The minimum Gasteiger partial charge on any atom is -0.481 e. The average molecular weight is 339 g/mol. The van der Waals surface area contributed by atoms with Crippen molar-refractivity contribution in [1.82, 2.24) is 15.5 Å². The van der Waals surface area contributed by atoms with Gasteiger partial charge >= 0.3 is 12.0 Å². The van der Waals surface area contributed by atoms with Gasteiger partial charge in [0.25, 0.3) is 5.91 Å². The number of carboxylic acids is 1. The van der Waals surface area contributed by atoms with Gasteiger partial charge in [0.15, 0.2) is 0 Å². The van der Waals surface area contributed by atoms with Gasteiger partial charge in [-0.1, -0.05) is 20.8 Å². The molecule has 2 aliphatic rings. The van der Waals surface area contributed by atoms with E-state index in [1.54, 1.807) is 0 Å². The molecule has 24 heavy (non-hydrogen) atoms. The lowest BCUT2D eigenvalue weighted by Crippen LogP contribution is -2.54. The number of nitrogens with zero attached hydrogens (tertiary/aromatic N) is 1. The molecule has 4 amide bonds. The molecule has 1 saturated heterocycles. The van der Waals surface area contributed by atoms with Gasteiger partial charge in [0, 0.05) is 6.54 Å². The number of aliphatic carboxylic acids is 1. The van der Waals surface area contributed by atoms with E-state index in [0.29, 0.717) is 18.8 Å². The van der Waals surface area contributed by atoms with Crippen LogP contribution >= 0.6 is 0 Å². The minimum absolute atomic E-state index is 0.0347. The number of amides is 4. The first-order valence-electron chi connectivity index (χ1n) is 8.17. The third kappa shape index (κ3) is 3.85. The number of hydrogen-bond donors (Lipinski definition) is 3. The molecule has 1 aliphatic carbocycles. The Hall–Kier alpha value is -2.12. The van der Waals surface area contributed by atoms with E-state index in [4.69, 9.17) is 5.11 Å². The molecule has 8 nitrogen and oxygen atoms in total. The standard InChI is InChI=1S/C16H25N3O5/c1-10-6-15(2,3)9-16(7-10)13(23)19(14(24)18-16)8-11(20)17-5-4-12(21)22/h10H,4-9H2,1-3H3,(H,17,20)(H,18,24)(H,21,22)/t10-,16-/m1/s1. The van der Waals surface area contributed by atoms with E-state index in [1.165, 1.54) is 0 Å². The highest BCUT2D eigenvalue weighted by molar-refractivity contribution is 6.09. The minimum atomic E-state index is -1.03. The van der Waals surface area contributed by atoms with Crippen LogP contribution in [0.5, 0.6) is 0 Å². The average Bonchev–Trinajstić information content (AvgIpc) is 2.60. The zero-order valence-corrected chi connectivity index (χ0v) is 14.3. The maximum absolute atomic E-state index is 12.8. The third-order valence-corrected chi connectivity index (χ3v) is 4.59. The van der Waals surface area contributed by atoms with E-state index in [2.05, 4.69) is 31.4 Å². The van der Waals surface area contributed by atoms with Crippen LogP contribution in [0.2, 0.25) is 0 Å². The lowest BCUT2D eigenvalue weighted by atomic mass is 9.64. The molecular weight excluding hydrogens is 314 g/mol. The zero-order valence-electron chi connectivity index (χ0n) is 14.3. The summed E-state index contributed by atoms with van der Waals surface area (Å²) in [6.45, 7) is 5.79. The van der Waals surface area contributed by atoms with Crippen LogP contribution < -0.4 is 10.6 Å². The van der Waals surface area contributed by atoms with Gasteiger partial charge in [-0.05, 0) is 30.6 Å². The number of hydrogen-bond acceptors (Lipinski definition) is 4. The highest BCUT2D eigenvalue weighted by atomic mass is 16.4. The quantitative estimate of drug-likeness (QED) is 0.638. The van der Waals surface area contributed by atoms with Gasteiger partial charge in [0.05, 0.1) is 6.42 Å². The van der Waals surface area contributed by atoms with Crippen LogP contribution in [0.4, 0.5) is 4.79 Å². The topological polar surface area (TPSA) is 116 Å². The van der Waals surface area contributed by atoms with Crippen molar-refractivity contribution >= 4 is 23.8 Å². The van der Waals surface area contributed by atoms with Crippen molar-refractivity contribution in [2.75, 3.05) is 13.1 Å². The Bertz CT molecular complexity index is 574. The predicted octanol–water partition coefficient (Wildman–Crippen LogP) is 0.714. The van der Waals surface area contributed by atoms with Crippen molar-refractivity contribution < 1.29 is 24.3 Å². The van der Waals surface area contributed by atoms with Crippen LogP contribution in [0, 0.1) is 11.3 Å². The Labute approximate surface area is 141 Å². The van der Waals surface area contributed by atoms with E-state index in [-0.39, 0.29) is 30.8 Å². The summed E-state index contributed by atoms with van der Waals surface area (Å²) in [4.78, 5) is 48.3. The Balaban J connectivity index is 2.03. The van der Waals surface area contributed by atoms with Crippen molar-refractivity contribution in [1.29, 1.82) is 0 Å². The molecule has 3 N–H and O–H groups in total. The fourth-order valence-electron chi connectivity index (χ4n) is 4.16. The largest absolute Gasteiger partial charge is 0.481 e. The van der Waals surface area contributed by atoms with Crippen molar-refractivity contribution in [3.63, 3.8) is 0 Å². The van der Waals surface area contributed by atoms with Crippen LogP contribution in [0.15, 0.2) is 0 Å². The van der Waals surface area contributed by atoms with Crippen molar-refractivity contribution in [3.8, 4) is 0 Å². The van der Waals surface area contributed by atoms with Crippen molar-refractivity contribution in [2.24, 2.45) is 11.3 Å². The van der Waals surface area contributed by atoms with Gasteiger partial charge in [-0.3, -0.25) is 19.3 Å². The number of urea groups is 1. The van der Waals surface area contributed by atoms with Gasteiger partial charge < -0.3 is 15.7 Å². The summed E-state index contributed by atoms with van der Waals surface area (Å²) in [5, 5.41) is 13.8. The first-order valence-corrected chi connectivity index (χ1v) is 8.17. The van der Waals surface area contributed by atoms with Gasteiger partial charge in [-0.15, -0.1) is 0 Å². The second-order valence-electron chi connectivity index (χ2n) is 7.75. The maximum atomic E-state index is 12.8. The summed E-state index contributed by atoms with van der Waals surface area (Å²) in [6.07, 6.45) is 1.89. The van der Waals surface area contributed by atoms with Crippen molar-refractivity contribution in [3.05, 3.63) is 0 Å². The molecule has 0 aromatic carbocycles. The van der Waals surface area contributed by atoms with Crippen molar-refractivity contribution in [2.45, 2.75) is 52.0 Å². The molecule has 1 spiro atoms. The fourth-order valence-corrected chi connectivity index (χ4v) is 4.16. The highest BCUT2D eigenvalue weighted by Gasteiger charge is 2.56. The molecule has 2 atom stereocenters. The molecule has 1 saturated carbocycles. The van der Waals surface area contributed by atoms with Gasteiger partial charge in [0.1, 0.15) is 12.1 Å². The molecular formula is C16H25N3O5. The van der Waals surface area contributed by atoms with Gasteiger partial charge in [-0.25, -0.2) is 4.79 Å². The van der Waals surface area contributed by atoms with Crippen LogP contribution in [0.25, 0.3) is 0 Å². The first kappa shape index (κ1) is 18.2. The Morgan fingerprint density at radius 3 is 2.58 bits per heavy atom. The van der Waals surface area contributed by atoms with E-state index < -0.39 is 23.4 Å². The van der Waals surface area contributed by atoms with E-state index >= 15 is 0 Å². The molecule has 8 heteroatoms. The molecule has 1 aliphatic heterocycles. The summed E-state index contributed by atoms with van der Waals surface area (Å²) in [5.41, 5.74) is -1.00. The number of carbonyl (C=O) groups is 4. The molecule has 2 fully saturated rings. The first-order chi connectivity index (χ1) is 11.0. The normalized spacial score (nSPS) is 28.8. The molecule has 0 bridgehead atoms. The van der Waals surface area contributed by atoms with Crippen LogP contribution in [0.3, 0.4) is 0 Å². The Morgan fingerprint density at radius 1 is 1.33 bits per heavy atom. The zero-order chi connectivity index (χ0) is 18.1. The summed E-state index contributed by atoms with van der Waals surface area (Å²) in [6, 6.07) is -0.557. The molecule has 0 radical (unpaired) electrons. The Morgan fingerprint density at radius 2 is 2.00 bits per heavy atom.